The Balaban J connectivity index is 1.62. The summed E-state index contributed by atoms with van der Waals surface area (Å²) >= 11 is 1.59. The van der Waals surface area contributed by atoms with Gasteiger partial charge in [-0.1, -0.05) is 36.4 Å². The lowest BCUT2D eigenvalue weighted by Crippen LogP contribution is -2.20. The maximum absolute atomic E-state index is 12.1. The summed E-state index contributed by atoms with van der Waals surface area (Å²) in [4.78, 5) is 16.4. The number of carbonyl (C=O) groups is 1. The van der Waals surface area contributed by atoms with Crippen LogP contribution in [0, 0.1) is 0 Å². The zero-order chi connectivity index (χ0) is 17.5. The van der Waals surface area contributed by atoms with E-state index in [1.807, 2.05) is 53.9 Å². The number of rotatable bonds is 6. The third kappa shape index (κ3) is 4.55. The lowest BCUT2D eigenvalue weighted by atomic mass is 10.1. The number of nitrogens with one attached hydrogen (secondary N) is 1. The van der Waals surface area contributed by atoms with Crippen LogP contribution in [0.2, 0.25) is 0 Å². The van der Waals surface area contributed by atoms with E-state index in [0.717, 1.165) is 27.4 Å². The lowest BCUT2D eigenvalue weighted by molar-refractivity contribution is -0.116. The van der Waals surface area contributed by atoms with Crippen molar-refractivity contribution in [3.05, 3.63) is 77.3 Å². The van der Waals surface area contributed by atoms with E-state index >= 15 is 0 Å². The van der Waals surface area contributed by atoms with Crippen LogP contribution in [0.1, 0.15) is 11.1 Å². The van der Waals surface area contributed by atoms with Crippen molar-refractivity contribution in [3.63, 3.8) is 0 Å². The average Bonchev–Trinajstić information content (AvgIpc) is 3.20. The molecule has 0 aliphatic rings. The minimum atomic E-state index is -0.134. The van der Waals surface area contributed by atoms with Crippen LogP contribution in [0.4, 0.5) is 0 Å². The van der Waals surface area contributed by atoms with Crippen LogP contribution >= 0.6 is 11.3 Å². The molecule has 0 aliphatic heterocycles. The van der Waals surface area contributed by atoms with E-state index < -0.39 is 0 Å². The van der Waals surface area contributed by atoms with Gasteiger partial charge in [0, 0.05) is 29.8 Å². The van der Waals surface area contributed by atoms with Gasteiger partial charge in [-0.2, -0.15) is 0 Å². The first kappa shape index (κ1) is 16.9. The topological polar surface area (TPSA) is 51.2 Å². The van der Waals surface area contributed by atoms with Gasteiger partial charge in [-0.3, -0.25) is 4.79 Å². The summed E-state index contributed by atoms with van der Waals surface area (Å²) in [5, 5.41) is 5.82. The normalized spacial score (nSPS) is 10.8. The third-order valence-electron chi connectivity index (χ3n) is 3.68. The van der Waals surface area contributed by atoms with E-state index in [1.165, 1.54) is 6.08 Å². The van der Waals surface area contributed by atoms with Crippen LogP contribution in [-0.2, 0) is 11.3 Å². The Hall–Kier alpha value is -2.92. The van der Waals surface area contributed by atoms with Crippen molar-refractivity contribution in [1.82, 2.24) is 10.3 Å². The lowest BCUT2D eigenvalue weighted by Gasteiger charge is -2.07. The monoisotopic (exact) mass is 350 g/mol. The number of benzene rings is 2. The maximum Gasteiger partial charge on any atom is 0.244 e. The third-order valence-corrected chi connectivity index (χ3v) is 4.48. The predicted octanol–water partition coefficient (Wildman–Crippen LogP) is 4.15. The summed E-state index contributed by atoms with van der Waals surface area (Å²) in [6, 6.07) is 15.5. The molecule has 1 aromatic heterocycles. The Morgan fingerprint density at radius 1 is 1.20 bits per heavy atom. The van der Waals surface area contributed by atoms with Crippen molar-refractivity contribution in [3.8, 4) is 16.3 Å². The number of carbonyl (C=O) groups excluding carboxylic acids is 1. The summed E-state index contributed by atoms with van der Waals surface area (Å²) in [7, 11) is 1.63. The van der Waals surface area contributed by atoms with E-state index in [-0.39, 0.29) is 5.91 Å². The molecule has 5 heteroatoms. The van der Waals surface area contributed by atoms with Gasteiger partial charge < -0.3 is 10.1 Å². The van der Waals surface area contributed by atoms with Gasteiger partial charge in [-0.15, -0.1) is 11.3 Å². The van der Waals surface area contributed by atoms with Crippen LogP contribution < -0.4 is 10.1 Å². The Bertz CT molecular complexity index is 856. The standard InChI is InChI=1S/C20H18N2O2S/c1-24-17-9-6-15(7-10-17)8-11-19(23)22-14-16-4-2-3-5-18(16)20-21-12-13-25-20/h2-13H,14H2,1H3,(H,22,23)/b11-8+. The minimum absolute atomic E-state index is 0.134. The summed E-state index contributed by atoms with van der Waals surface area (Å²) in [6.45, 7) is 0.460. The van der Waals surface area contributed by atoms with E-state index in [0.29, 0.717) is 6.54 Å². The molecule has 0 saturated carbocycles. The highest BCUT2D eigenvalue weighted by Crippen LogP contribution is 2.25. The van der Waals surface area contributed by atoms with Crippen LogP contribution in [0.5, 0.6) is 5.75 Å². The van der Waals surface area contributed by atoms with Gasteiger partial charge in [0.15, 0.2) is 0 Å². The number of nitrogens with zero attached hydrogens (tertiary/aromatic N) is 1. The molecule has 0 fully saturated rings. The fourth-order valence-corrected chi connectivity index (χ4v) is 3.07. The molecule has 0 radical (unpaired) electrons. The van der Waals surface area contributed by atoms with E-state index in [2.05, 4.69) is 10.3 Å². The number of ether oxygens (including phenoxy) is 1. The van der Waals surface area contributed by atoms with Crippen LogP contribution in [0.3, 0.4) is 0 Å². The Kier molecular flexibility index (Phi) is 5.59. The summed E-state index contributed by atoms with van der Waals surface area (Å²) in [6.07, 6.45) is 5.10. The van der Waals surface area contributed by atoms with Gasteiger partial charge in [0.05, 0.1) is 7.11 Å². The molecule has 4 nitrogen and oxygen atoms in total. The molecule has 0 aliphatic carbocycles. The van der Waals surface area contributed by atoms with Crippen molar-refractivity contribution in [1.29, 1.82) is 0 Å². The number of hydrogen-bond acceptors (Lipinski definition) is 4. The van der Waals surface area contributed by atoms with Gasteiger partial charge in [0.25, 0.3) is 0 Å². The average molecular weight is 350 g/mol. The van der Waals surface area contributed by atoms with Crippen LogP contribution in [0.25, 0.3) is 16.6 Å². The van der Waals surface area contributed by atoms with Gasteiger partial charge >= 0.3 is 0 Å². The van der Waals surface area contributed by atoms with Crippen LogP contribution in [0.15, 0.2) is 66.2 Å². The molecular formula is C20H18N2O2S. The highest BCUT2D eigenvalue weighted by atomic mass is 32.1. The summed E-state index contributed by atoms with van der Waals surface area (Å²) in [5.41, 5.74) is 3.04. The molecule has 1 amide bonds. The maximum atomic E-state index is 12.1. The first-order chi connectivity index (χ1) is 12.3. The van der Waals surface area contributed by atoms with Crippen LogP contribution in [-0.4, -0.2) is 18.0 Å². The Morgan fingerprint density at radius 2 is 2.00 bits per heavy atom. The van der Waals surface area contributed by atoms with Gasteiger partial charge in [0.2, 0.25) is 5.91 Å². The first-order valence-corrected chi connectivity index (χ1v) is 8.72. The fourth-order valence-electron chi connectivity index (χ4n) is 2.37. The van der Waals surface area contributed by atoms with Gasteiger partial charge in [-0.25, -0.2) is 4.98 Å². The fraction of sp³-hybridized carbons (Fsp3) is 0.100. The molecule has 25 heavy (non-hydrogen) atoms. The van der Waals surface area contributed by atoms with Crippen molar-refractivity contribution >= 4 is 23.3 Å². The minimum Gasteiger partial charge on any atom is -0.497 e. The molecule has 1 N–H and O–H groups in total. The van der Waals surface area contributed by atoms with Crippen molar-refractivity contribution in [2.45, 2.75) is 6.54 Å². The van der Waals surface area contributed by atoms with Gasteiger partial charge in [-0.05, 0) is 29.3 Å². The number of hydrogen-bond donors (Lipinski definition) is 1. The highest BCUT2D eigenvalue weighted by molar-refractivity contribution is 7.13. The molecule has 0 atom stereocenters. The number of methoxy groups -OCH3 is 1. The van der Waals surface area contributed by atoms with E-state index in [4.69, 9.17) is 4.74 Å². The van der Waals surface area contributed by atoms with Crippen molar-refractivity contribution < 1.29 is 9.53 Å². The molecule has 0 bridgehead atoms. The number of thiazole rings is 1. The van der Waals surface area contributed by atoms with Gasteiger partial charge in [0.1, 0.15) is 10.8 Å². The number of aromatic nitrogens is 1. The molecule has 126 valence electrons. The molecule has 0 spiro atoms. The second-order valence-electron chi connectivity index (χ2n) is 5.32. The number of amides is 1. The molecule has 2 aromatic carbocycles. The van der Waals surface area contributed by atoms with E-state index in [1.54, 1.807) is 30.7 Å². The second kappa shape index (κ2) is 8.26. The zero-order valence-electron chi connectivity index (χ0n) is 13.8. The molecule has 0 saturated heterocycles. The predicted molar refractivity (Wildman–Crippen MR) is 101 cm³/mol. The first-order valence-electron chi connectivity index (χ1n) is 7.84. The molecule has 3 rings (SSSR count). The van der Waals surface area contributed by atoms with Crippen molar-refractivity contribution in [2.75, 3.05) is 7.11 Å². The second-order valence-corrected chi connectivity index (χ2v) is 6.21. The largest absolute Gasteiger partial charge is 0.497 e. The zero-order valence-corrected chi connectivity index (χ0v) is 14.6. The quantitative estimate of drug-likeness (QED) is 0.680. The summed E-state index contributed by atoms with van der Waals surface area (Å²) < 4.78 is 5.12. The smallest absolute Gasteiger partial charge is 0.244 e. The Morgan fingerprint density at radius 3 is 2.72 bits per heavy atom. The van der Waals surface area contributed by atoms with E-state index in [9.17, 15) is 4.79 Å². The molecule has 1 heterocycles. The SMILES string of the molecule is COc1ccc(/C=C/C(=O)NCc2ccccc2-c2nccs2)cc1. The highest BCUT2D eigenvalue weighted by Gasteiger charge is 2.07. The van der Waals surface area contributed by atoms with Crippen molar-refractivity contribution in [2.24, 2.45) is 0 Å². The molecule has 3 aromatic rings. The molecular weight excluding hydrogens is 332 g/mol. The Labute approximate surface area is 150 Å². The summed E-state index contributed by atoms with van der Waals surface area (Å²) in [5.74, 6) is 0.658. The molecule has 0 unspecified atom stereocenters.